The van der Waals surface area contributed by atoms with Crippen molar-refractivity contribution in [2.75, 3.05) is 6.54 Å². The molecule has 0 spiro atoms. The van der Waals surface area contributed by atoms with E-state index in [0.29, 0.717) is 17.9 Å². The normalized spacial score (nSPS) is 16.1. The van der Waals surface area contributed by atoms with Crippen LogP contribution in [-0.2, 0) is 6.54 Å². The molecule has 1 aromatic heterocycles. The highest BCUT2D eigenvalue weighted by molar-refractivity contribution is 5.94. The maximum atomic E-state index is 13.8. The minimum absolute atomic E-state index is 0.114. The third-order valence-electron chi connectivity index (χ3n) is 4.60. The third-order valence-corrected chi connectivity index (χ3v) is 4.60. The molecule has 2 heterocycles. The van der Waals surface area contributed by atoms with E-state index < -0.39 is 11.6 Å². The van der Waals surface area contributed by atoms with E-state index in [9.17, 15) is 13.6 Å². The predicted octanol–water partition coefficient (Wildman–Crippen LogP) is 3.17. The van der Waals surface area contributed by atoms with Gasteiger partial charge in [-0.1, -0.05) is 29.8 Å². The van der Waals surface area contributed by atoms with Gasteiger partial charge in [0.1, 0.15) is 23.5 Å². The van der Waals surface area contributed by atoms with Crippen molar-refractivity contribution in [1.29, 1.82) is 0 Å². The van der Waals surface area contributed by atoms with Crippen molar-refractivity contribution in [3.63, 3.8) is 0 Å². The van der Waals surface area contributed by atoms with Gasteiger partial charge in [0.05, 0.1) is 12.2 Å². The molecule has 3 aromatic rings. The first-order valence-electron chi connectivity index (χ1n) is 8.63. The molecule has 0 aliphatic carbocycles. The number of amides is 1. The molecule has 1 amide bonds. The Morgan fingerprint density at radius 2 is 1.96 bits per heavy atom. The van der Waals surface area contributed by atoms with Gasteiger partial charge in [0, 0.05) is 17.7 Å². The lowest BCUT2D eigenvalue weighted by molar-refractivity contribution is 0.0900. The van der Waals surface area contributed by atoms with Gasteiger partial charge in [-0.15, -0.1) is 0 Å². The van der Waals surface area contributed by atoms with Crippen LogP contribution in [0.5, 0.6) is 0 Å². The molecule has 0 fully saturated rings. The average molecular weight is 368 g/mol. The highest BCUT2D eigenvalue weighted by atomic mass is 19.1. The van der Waals surface area contributed by atoms with Crippen LogP contribution in [0.4, 0.5) is 8.78 Å². The molecule has 1 aliphatic heterocycles. The van der Waals surface area contributed by atoms with E-state index >= 15 is 0 Å². The molecule has 2 N–H and O–H groups in total. The van der Waals surface area contributed by atoms with E-state index in [4.69, 9.17) is 0 Å². The number of aromatic nitrogens is 2. The molecule has 0 saturated carbocycles. The highest BCUT2D eigenvalue weighted by Gasteiger charge is 2.27. The zero-order valence-electron chi connectivity index (χ0n) is 14.7. The van der Waals surface area contributed by atoms with E-state index in [1.165, 1.54) is 0 Å². The van der Waals surface area contributed by atoms with E-state index in [2.05, 4.69) is 15.7 Å². The Labute approximate surface area is 155 Å². The van der Waals surface area contributed by atoms with Crippen molar-refractivity contribution in [2.45, 2.75) is 19.6 Å². The smallest absolute Gasteiger partial charge is 0.269 e. The summed E-state index contributed by atoms with van der Waals surface area (Å²) >= 11 is 0. The van der Waals surface area contributed by atoms with Gasteiger partial charge in [-0.05, 0) is 31.2 Å². The number of nitrogens with one attached hydrogen (secondary N) is 2. The van der Waals surface area contributed by atoms with Crippen molar-refractivity contribution in [1.82, 2.24) is 20.4 Å². The molecule has 2 aromatic carbocycles. The van der Waals surface area contributed by atoms with Crippen LogP contribution < -0.4 is 10.6 Å². The summed E-state index contributed by atoms with van der Waals surface area (Å²) in [5.74, 6) is -1.19. The lowest BCUT2D eigenvalue weighted by atomic mass is 10.1. The number of nitrogens with zero attached hydrogens (tertiary/aromatic N) is 2. The number of fused-ring (bicyclic) bond motifs is 1. The fraction of sp³-hybridized carbons (Fsp3) is 0.200. The summed E-state index contributed by atoms with van der Waals surface area (Å²) in [5, 5.41) is 10.5. The number of carbonyl (C=O) groups excluding carboxylic acids is 1. The number of benzene rings is 2. The largest absolute Gasteiger partial charge is 0.347 e. The Morgan fingerprint density at radius 3 is 2.74 bits per heavy atom. The summed E-state index contributed by atoms with van der Waals surface area (Å²) in [7, 11) is 0. The lowest BCUT2D eigenvalue weighted by Gasteiger charge is -2.26. The summed E-state index contributed by atoms with van der Waals surface area (Å²) < 4.78 is 28.8. The van der Waals surface area contributed by atoms with Gasteiger partial charge in [-0.25, -0.2) is 13.5 Å². The van der Waals surface area contributed by atoms with Gasteiger partial charge in [0.25, 0.3) is 5.91 Å². The highest BCUT2D eigenvalue weighted by Crippen LogP contribution is 2.23. The van der Waals surface area contributed by atoms with Crippen molar-refractivity contribution in [2.24, 2.45) is 0 Å². The molecule has 1 unspecified atom stereocenters. The van der Waals surface area contributed by atoms with Crippen LogP contribution in [-0.4, -0.2) is 22.2 Å². The number of rotatable bonds is 4. The van der Waals surface area contributed by atoms with Crippen molar-refractivity contribution in [3.05, 3.63) is 77.0 Å². The molecular formula is C20H18F2N4O. The monoisotopic (exact) mass is 368 g/mol. The molecule has 1 aliphatic rings. The first kappa shape index (κ1) is 17.4. The molecule has 0 saturated heterocycles. The van der Waals surface area contributed by atoms with Crippen molar-refractivity contribution in [3.8, 4) is 11.3 Å². The van der Waals surface area contributed by atoms with Crippen LogP contribution in [0.25, 0.3) is 11.3 Å². The van der Waals surface area contributed by atoms with Crippen LogP contribution in [0, 0.1) is 18.6 Å². The quantitative estimate of drug-likeness (QED) is 0.744. The molecule has 0 radical (unpaired) electrons. The van der Waals surface area contributed by atoms with E-state index in [-0.39, 0.29) is 24.2 Å². The van der Waals surface area contributed by atoms with Gasteiger partial charge < -0.3 is 5.32 Å². The number of carbonyl (C=O) groups is 1. The van der Waals surface area contributed by atoms with Gasteiger partial charge in [0.15, 0.2) is 0 Å². The second-order valence-corrected chi connectivity index (χ2v) is 6.57. The van der Waals surface area contributed by atoms with Crippen LogP contribution in [0.3, 0.4) is 0 Å². The first-order chi connectivity index (χ1) is 13.0. The first-order valence-corrected chi connectivity index (χ1v) is 8.63. The number of hydrogen-bond donors (Lipinski definition) is 2. The molecule has 0 bridgehead atoms. The Balaban J connectivity index is 1.60. The van der Waals surface area contributed by atoms with Gasteiger partial charge in [-0.3, -0.25) is 10.1 Å². The fourth-order valence-electron chi connectivity index (χ4n) is 3.10. The summed E-state index contributed by atoms with van der Waals surface area (Å²) in [6.45, 7) is 2.42. The van der Waals surface area contributed by atoms with E-state index in [1.54, 1.807) is 10.7 Å². The molecule has 1 atom stereocenters. The molecule has 138 valence electrons. The molecular weight excluding hydrogens is 350 g/mol. The predicted molar refractivity (Wildman–Crippen MR) is 97.0 cm³/mol. The van der Waals surface area contributed by atoms with Crippen LogP contribution in [0.1, 0.15) is 27.8 Å². The van der Waals surface area contributed by atoms with Crippen LogP contribution in [0.2, 0.25) is 0 Å². The van der Waals surface area contributed by atoms with Crippen molar-refractivity contribution >= 4 is 5.91 Å². The summed E-state index contributed by atoms with van der Waals surface area (Å²) in [4.78, 5) is 12.2. The maximum Gasteiger partial charge on any atom is 0.269 e. The van der Waals surface area contributed by atoms with Gasteiger partial charge >= 0.3 is 0 Å². The molecule has 5 nitrogen and oxygen atoms in total. The minimum Gasteiger partial charge on any atom is -0.347 e. The van der Waals surface area contributed by atoms with Crippen molar-refractivity contribution < 1.29 is 13.6 Å². The Kier molecular flexibility index (Phi) is 4.45. The van der Waals surface area contributed by atoms with E-state index in [0.717, 1.165) is 29.3 Å². The summed E-state index contributed by atoms with van der Waals surface area (Å²) in [6, 6.07) is 12.9. The average Bonchev–Trinajstić information content (AvgIpc) is 3.11. The van der Waals surface area contributed by atoms with Crippen LogP contribution in [0.15, 0.2) is 48.5 Å². The Morgan fingerprint density at radius 1 is 1.19 bits per heavy atom. The second kappa shape index (κ2) is 6.92. The summed E-state index contributed by atoms with van der Waals surface area (Å²) in [5.41, 5.74) is 3.38. The third kappa shape index (κ3) is 3.46. The topological polar surface area (TPSA) is 59.0 Å². The number of hydrogen-bond acceptors (Lipinski definition) is 3. The standard InChI is InChI=1S/C20H18F2N4O/c1-12-2-4-13(5-3-12)17-9-18-20(27)24-11-19(26(18)25-17)23-10-14-8-15(21)6-7-16(14)22/h2-9,19,23H,10-11H2,1H3,(H,24,27). The maximum absolute atomic E-state index is 13.8. The summed E-state index contributed by atoms with van der Waals surface area (Å²) in [6.07, 6.45) is -0.362. The minimum atomic E-state index is -0.494. The Hall–Kier alpha value is -3.06. The van der Waals surface area contributed by atoms with Gasteiger partial charge in [-0.2, -0.15) is 5.10 Å². The lowest BCUT2D eigenvalue weighted by Crippen LogP contribution is -2.45. The Bertz CT molecular complexity index is 998. The number of halogens is 2. The SMILES string of the molecule is Cc1ccc(-c2cc3n(n2)C(NCc2cc(F)ccc2F)CNC3=O)cc1. The zero-order valence-corrected chi connectivity index (χ0v) is 14.7. The van der Waals surface area contributed by atoms with E-state index in [1.807, 2.05) is 31.2 Å². The molecule has 27 heavy (non-hydrogen) atoms. The molecule has 7 heteroatoms. The number of aryl methyl sites for hydroxylation is 1. The van der Waals surface area contributed by atoms with Crippen LogP contribution >= 0.6 is 0 Å². The second-order valence-electron chi connectivity index (χ2n) is 6.57. The van der Waals surface area contributed by atoms with Gasteiger partial charge in [0.2, 0.25) is 0 Å². The molecule has 4 rings (SSSR count). The zero-order chi connectivity index (χ0) is 19.0. The fourth-order valence-corrected chi connectivity index (χ4v) is 3.10.